The molecule has 23 heavy (non-hydrogen) atoms. The van der Waals surface area contributed by atoms with E-state index in [1.165, 1.54) is 16.8 Å². The lowest BCUT2D eigenvalue weighted by Gasteiger charge is -2.30. The Hall–Kier alpha value is -2.69. The van der Waals surface area contributed by atoms with E-state index in [-0.39, 0.29) is 0 Å². The molecule has 0 atom stereocenters. The second-order valence-electron chi connectivity index (χ2n) is 5.91. The van der Waals surface area contributed by atoms with Gasteiger partial charge in [-0.25, -0.2) is 0 Å². The highest BCUT2D eigenvalue weighted by atomic mass is 16.5. The SMILES string of the molecule is Cc1ccc2c(c1)CCCN2Cc1nc(-c2cccnc2)no1. The number of pyridine rings is 1. The second kappa shape index (κ2) is 5.83. The van der Waals surface area contributed by atoms with Gasteiger partial charge in [0, 0.05) is 30.2 Å². The fourth-order valence-corrected chi connectivity index (χ4v) is 3.06. The van der Waals surface area contributed by atoms with Crippen LogP contribution in [0.4, 0.5) is 5.69 Å². The van der Waals surface area contributed by atoms with Gasteiger partial charge in [0.05, 0.1) is 6.54 Å². The first kappa shape index (κ1) is 13.9. The highest BCUT2D eigenvalue weighted by Gasteiger charge is 2.19. The van der Waals surface area contributed by atoms with Crippen molar-refractivity contribution in [2.24, 2.45) is 0 Å². The number of aryl methyl sites for hydroxylation is 2. The summed E-state index contributed by atoms with van der Waals surface area (Å²) in [7, 11) is 0. The average molecular weight is 306 g/mol. The molecule has 116 valence electrons. The lowest BCUT2D eigenvalue weighted by atomic mass is 10.00. The van der Waals surface area contributed by atoms with Crippen LogP contribution in [0.3, 0.4) is 0 Å². The molecule has 0 bridgehead atoms. The summed E-state index contributed by atoms with van der Waals surface area (Å²) in [5.41, 5.74) is 4.87. The van der Waals surface area contributed by atoms with Gasteiger partial charge in [0.1, 0.15) is 0 Å². The molecule has 0 aliphatic carbocycles. The van der Waals surface area contributed by atoms with Gasteiger partial charge in [-0.05, 0) is 43.5 Å². The minimum atomic E-state index is 0.592. The summed E-state index contributed by atoms with van der Waals surface area (Å²) >= 11 is 0. The Morgan fingerprint density at radius 2 is 2.22 bits per heavy atom. The fraction of sp³-hybridized carbons (Fsp3) is 0.278. The molecule has 1 aliphatic rings. The van der Waals surface area contributed by atoms with Crippen LogP contribution in [0, 0.1) is 6.92 Å². The van der Waals surface area contributed by atoms with Crippen LogP contribution in [-0.4, -0.2) is 21.7 Å². The summed E-state index contributed by atoms with van der Waals surface area (Å²) in [5, 5.41) is 4.07. The lowest BCUT2D eigenvalue weighted by molar-refractivity contribution is 0.375. The van der Waals surface area contributed by atoms with Gasteiger partial charge >= 0.3 is 0 Å². The van der Waals surface area contributed by atoms with Gasteiger partial charge < -0.3 is 9.42 Å². The molecular formula is C18H18N4O. The quantitative estimate of drug-likeness (QED) is 0.742. The summed E-state index contributed by atoms with van der Waals surface area (Å²) in [6.07, 6.45) is 5.77. The first-order valence-corrected chi connectivity index (χ1v) is 7.87. The summed E-state index contributed by atoms with van der Waals surface area (Å²) in [6.45, 7) is 3.79. The summed E-state index contributed by atoms with van der Waals surface area (Å²) < 4.78 is 5.43. The van der Waals surface area contributed by atoms with Crippen LogP contribution in [0.2, 0.25) is 0 Å². The first-order chi connectivity index (χ1) is 11.3. The average Bonchev–Trinajstić information content (AvgIpc) is 3.04. The molecule has 0 N–H and O–H groups in total. The van der Waals surface area contributed by atoms with Crippen molar-refractivity contribution in [3.8, 4) is 11.4 Å². The Morgan fingerprint density at radius 3 is 3.09 bits per heavy atom. The van der Waals surface area contributed by atoms with Crippen molar-refractivity contribution >= 4 is 5.69 Å². The smallest absolute Gasteiger partial charge is 0.246 e. The summed E-state index contributed by atoms with van der Waals surface area (Å²) in [4.78, 5) is 10.9. The Balaban J connectivity index is 1.57. The Kier molecular flexibility index (Phi) is 3.54. The maximum atomic E-state index is 5.43. The van der Waals surface area contributed by atoms with E-state index in [2.05, 4.69) is 45.1 Å². The maximum absolute atomic E-state index is 5.43. The number of nitrogens with zero attached hydrogens (tertiary/aromatic N) is 4. The van der Waals surface area contributed by atoms with Crippen LogP contribution >= 0.6 is 0 Å². The predicted octanol–water partition coefficient (Wildman–Crippen LogP) is 3.39. The van der Waals surface area contributed by atoms with E-state index in [0.29, 0.717) is 18.3 Å². The maximum Gasteiger partial charge on any atom is 0.246 e. The molecule has 4 rings (SSSR count). The van der Waals surface area contributed by atoms with Gasteiger partial charge in [-0.15, -0.1) is 0 Å². The van der Waals surface area contributed by atoms with Crippen molar-refractivity contribution in [2.45, 2.75) is 26.3 Å². The number of fused-ring (bicyclic) bond motifs is 1. The normalized spacial score (nSPS) is 13.9. The predicted molar refractivity (Wildman–Crippen MR) is 88.1 cm³/mol. The van der Waals surface area contributed by atoms with Gasteiger partial charge in [-0.1, -0.05) is 22.9 Å². The topological polar surface area (TPSA) is 55.1 Å². The molecule has 0 saturated heterocycles. The van der Waals surface area contributed by atoms with Crippen LogP contribution in [0.15, 0.2) is 47.2 Å². The molecule has 0 amide bonds. The third kappa shape index (κ3) is 2.82. The lowest BCUT2D eigenvalue weighted by Crippen LogP contribution is -2.28. The Morgan fingerprint density at radius 1 is 1.26 bits per heavy atom. The molecule has 0 fully saturated rings. The third-order valence-electron chi connectivity index (χ3n) is 4.16. The van der Waals surface area contributed by atoms with Gasteiger partial charge in [0.15, 0.2) is 0 Å². The van der Waals surface area contributed by atoms with Crippen LogP contribution in [0.5, 0.6) is 0 Å². The number of benzene rings is 1. The third-order valence-corrected chi connectivity index (χ3v) is 4.16. The van der Waals surface area contributed by atoms with Crippen molar-refractivity contribution in [3.05, 3.63) is 59.7 Å². The number of aromatic nitrogens is 3. The second-order valence-corrected chi connectivity index (χ2v) is 5.91. The zero-order chi connectivity index (χ0) is 15.6. The number of hydrogen-bond donors (Lipinski definition) is 0. The molecule has 5 nitrogen and oxygen atoms in total. The standard InChI is InChI=1S/C18H18N4O/c1-13-6-7-16-14(10-13)5-3-9-22(16)12-17-20-18(21-23-17)15-4-2-8-19-11-15/h2,4,6-8,10-11H,3,5,9,12H2,1H3. The van der Waals surface area contributed by atoms with E-state index in [4.69, 9.17) is 4.52 Å². The Labute approximate surface area is 135 Å². The minimum absolute atomic E-state index is 0.592. The number of rotatable bonds is 3. The molecule has 1 aliphatic heterocycles. The Bertz CT molecular complexity index is 813. The highest BCUT2D eigenvalue weighted by Crippen LogP contribution is 2.29. The highest BCUT2D eigenvalue weighted by molar-refractivity contribution is 5.57. The molecule has 0 radical (unpaired) electrons. The number of anilines is 1. The first-order valence-electron chi connectivity index (χ1n) is 7.87. The van der Waals surface area contributed by atoms with Crippen molar-refractivity contribution in [2.75, 3.05) is 11.4 Å². The van der Waals surface area contributed by atoms with Crippen molar-refractivity contribution < 1.29 is 4.52 Å². The van der Waals surface area contributed by atoms with Crippen LogP contribution in [0.25, 0.3) is 11.4 Å². The molecule has 1 aromatic carbocycles. The summed E-state index contributed by atoms with van der Waals surface area (Å²) in [5.74, 6) is 1.23. The van der Waals surface area contributed by atoms with Gasteiger partial charge in [0.2, 0.25) is 11.7 Å². The van der Waals surface area contributed by atoms with E-state index >= 15 is 0 Å². The molecule has 0 unspecified atom stereocenters. The largest absolute Gasteiger partial charge is 0.362 e. The zero-order valence-corrected chi connectivity index (χ0v) is 13.1. The number of hydrogen-bond acceptors (Lipinski definition) is 5. The van der Waals surface area contributed by atoms with Gasteiger partial charge in [-0.2, -0.15) is 4.98 Å². The van der Waals surface area contributed by atoms with Crippen molar-refractivity contribution in [1.82, 2.24) is 15.1 Å². The van der Waals surface area contributed by atoms with E-state index < -0.39 is 0 Å². The fourth-order valence-electron chi connectivity index (χ4n) is 3.06. The minimum Gasteiger partial charge on any atom is -0.362 e. The molecule has 0 spiro atoms. The van der Waals surface area contributed by atoms with Crippen LogP contribution in [-0.2, 0) is 13.0 Å². The van der Waals surface area contributed by atoms with E-state index in [0.717, 1.165) is 24.9 Å². The molecular weight excluding hydrogens is 288 g/mol. The van der Waals surface area contributed by atoms with Crippen LogP contribution < -0.4 is 4.90 Å². The molecule has 2 aromatic heterocycles. The van der Waals surface area contributed by atoms with Gasteiger partial charge in [0.25, 0.3) is 0 Å². The molecule has 0 saturated carbocycles. The van der Waals surface area contributed by atoms with E-state index in [9.17, 15) is 0 Å². The zero-order valence-electron chi connectivity index (χ0n) is 13.1. The molecule has 3 heterocycles. The van der Waals surface area contributed by atoms with E-state index in [1.807, 2.05) is 12.1 Å². The van der Waals surface area contributed by atoms with E-state index in [1.54, 1.807) is 12.4 Å². The van der Waals surface area contributed by atoms with Gasteiger partial charge in [-0.3, -0.25) is 4.98 Å². The monoisotopic (exact) mass is 306 g/mol. The molecule has 3 aromatic rings. The summed E-state index contributed by atoms with van der Waals surface area (Å²) in [6, 6.07) is 10.4. The van der Waals surface area contributed by atoms with Crippen LogP contribution in [0.1, 0.15) is 23.4 Å². The van der Waals surface area contributed by atoms with Crippen molar-refractivity contribution in [1.29, 1.82) is 0 Å². The van der Waals surface area contributed by atoms with Crippen molar-refractivity contribution in [3.63, 3.8) is 0 Å². The molecule has 5 heteroatoms.